The summed E-state index contributed by atoms with van der Waals surface area (Å²) in [5, 5.41) is 0. The van der Waals surface area contributed by atoms with E-state index in [1.807, 2.05) is 0 Å². The first-order valence-electron chi connectivity index (χ1n) is 6.14. The van der Waals surface area contributed by atoms with Gasteiger partial charge in [-0.2, -0.15) is 0 Å². The van der Waals surface area contributed by atoms with E-state index in [4.69, 9.17) is 0 Å². The zero-order chi connectivity index (χ0) is 13.1. The maximum atomic E-state index is 12.0. The molecule has 0 radical (unpaired) electrons. The Morgan fingerprint density at radius 3 is 2.67 bits per heavy atom. The van der Waals surface area contributed by atoms with Crippen LogP contribution in [-0.2, 0) is 11.3 Å². The second-order valence-electron chi connectivity index (χ2n) is 4.80. The number of rotatable bonds is 2. The van der Waals surface area contributed by atoms with Gasteiger partial charge in [-0.05, 0) is 18.8 Å². The highest BCUT2D eigenvalue weighted by atomic mass is 16.2. The molecule has 1 saturated heterocycles. The summed E-state index contributed by atoms with van der Waals surface area (Å²) in [6, 6.07) is 1.24. The van der Waals surface area contributed by atoms with Crippen molar-refractivity contribution in [2.45, 2.75) is 26.3 Å². The molecular weight excluding hydrogens is 234 g/mol. The monoisotopic (exact) mass is 251 g/mol. The molecule has 0 atom stereocenters. The van der Waals surface area contributed by atoms with Gasteiger partial charge in [0.15, 0.2) is 0 Å². The smallest absolute Gasteiger partial charge is 0.328 e. The van der Waals surface area contributed by atoms with Gasteiger partial charge in [0, 0.05) is 25.4 Å². The van der Waals surface area contributed by atoms with Gasteiger partial charge in [-0.25, -0.2) is 4.79 Å². The molecule has 0 bridgehead atoms. The summed E-state index contributed by atoms with van der Waals surface area (Å²) in [5.74, 6) is 0.584. The fourth-order valence-corrected chi connectivity index (χ4v) is 2.07. The molecule has 1 N–H and O–H groups in total. The molecule has 6 heteroatoms. The quantitative estimate of drug-likeness (QED) is 0.790. The van der Waals surface area contributed by atoms with Crippen molar-refractivity contribution in [1.29, 1.82) is 0 Å². The molecule has 0 spiro atoms. The summed E-state index contributed by atoms with van der Waals surface area (Å²) in [6.07, 6.45) is 3.37. The molecule has 0 aliphatic carbocycles. The van der Waals surface area contributed by atoms with E-state index >= 15 is 0 Å². The molecule has 0 saturated carbocycles. The number of carbonyl (C=O) groups excluding carboxylic acids is 1. The van der Waals surface area contributed by atoms with Crippen molar-refractivity contribution in [1.82, 2.24) is 14.5 Å². The first-order valence-corrected chi connectivity index (χ1v) is 6.14. The second kappa shape index (κ2) is 5.20. The van der Waals surface area contributed by atoms with E-state index in [0.29, 0.717) is 5.92 Å². The summed E-state index contributed by atoms with van der Waals surface area (Å²) in [5.41, 5.74) is -0.989. The molecule has 1 amide bonds. The van der Waals surface area contributed by atoms with Crippen LogP contribution in [0.1, 0.15) is 19.8 Å². The van der Waals surface area contributed by atoms with Crippen LogP contribution in [0.3, 0.4) is 0 Å². The molecule has 2 rings (SSSR count). The van der Waals surface area contributed by atoms with Gasteiger partial charge >= 0.3 is 5.69 Å². The average Bonchev–Trinajstić information content (AvgIpc) is 2.33. The highest BCUT2D eigenvalue weighted by Crippen LogP contribution is 2.15. The fraction of sp³-hybridized carbons (Fsp3) is 0.583. The van der Waals surface area contributed by atoms with Gasteiger partial charge in [-0.3, -0.25) is 19.1 Å². The Hall–Kier alpha value is -1.85. The number of H-pyrrole nitrogens is 1. The van der Waals surface area contributed by atoms with Crippen LogP contribution in [0, 0.1) is 5.92 Å². The fourth-order valence-electron chi connectivity index (χ4n) is 2.07. The summed E-state index contributed by atoms with van der Waals surface area (Å²) in [4.78, 5) is 38.2. The molecular formula is C12H17N3O3. The Morgan fingerprint density at radius 2 is 2.06 bits per heavy atom. The Bertz CT molecular complexity index is 538. The average molecular weight is 251 g/mol. The van der Waals surface area contributed by atoms with E-state index in [9.17, 15) is 14.4 Å². The van der Waals surface area contributed by atoms with Crippen molar-refractivity contribution in [3.63, 3.8) is 0 Å². The minimum absolute atomic E-state index is 0.00993. The SMILES string of the molecule is CC1CCN(C(=O)Cn2ccc(=O)[nH]c2=O)CC1. The predicted molar refractivity (Wildman–Crippen MR) is 66.3 cm³/mol. The molecule has 1 aliphatic rings. The molecule has 2 heterocycles. The number of aromatic nitrogens is 2. The number of hydrogen-bond donors (Lipinski definition) is 1. The highest BCUT2D eigenvalue weighted by molar-refractivity contribution is 5.76. The van der Waals surface area contributed by atoms with Crippen LogP contribution >= 0.6 is 0 Å². The number of nitrogens with zero attached hydrogens (tertiary/aromatic N) is 2. The van der Waals surface area contributed by atoms with E-state index in [1.165, 1.54) is 16.8 Å². The Morgan fingerprint density at radius 1 is 1.39 bits per heavy atom. The zero-order valence-corrected chi connectivity index (χ0v) is 10.4. The van der Waals surface area contributed by atoms with Crippen LogP contribution in [0.5, 0.6) is 0 Å². The second-order valence-corrected chi connectivity index (χ2v) is 4.80. The topological polar surface area (TPSA) is 75.2 Å². The zero-order valence-electron chi connectivity index (χ0n) is 10.4. The van der Waals surface area contributed by atoms with Crippen molar-refractivity contribution in [2.75, 3.05) is 13.1 Å². The first-order chi connectivity index (χ1) is 8.56. The molecule has 0 aromatic carbocycles. The van der Waals surface area contributed by atoms with Crippen molar-refractivity contribution in [3.8, 4) is 0 Å². The van der Waals surface area contributed by atoms with Crippen molar-refractivity contribution >= 4 is 5.91 Å². The van der Waals surface area contributed by atoms with Crippen LogP contribution in [0.15, 0.2) is 21.9 Å². The lowest BCUT2D eigenvalue weighted by atomic mass is 9.99. The van der Waals surface area contributed by atoms with Gasteiger partial charge in [0.1, 0.15) is 6.54 Å². The maximum absolute atomic E-state index is 12.0. The molecule has 1 aliphatic heterocycles. The number of amides is 1. The molecule has 98 valence electrons. The van der Waals surface area contributed by atoms with Crippen LogP contribution in [0.2, 0.25) is 0 Å². The Labute approximate surface area is 104 Å². The van der Waals surface area contributed by atoms with Gasteiger partial charge in [-0.1, -0.05) is 6.92 Å². The Balaban J connectivity index is 2.03. The van der Waals surface area contributed by atoms with Gasteiger partial charge in [0.2, 0.25) is 5.91 Å². The summed E-state index contributed by atoms with van der Waals surface area (Å²) >= 11 is 0. The van der Waals surface area contributed by atoms with E-state index in [-0.39, 0.29) is 12.5 Å². The summed E-state index contributed by atoms with van der Waals surface area (Å²) < 4.78 is 1.22. The standard InChI is InChI=1S/C12H17N3O3/c1-9-2-5-14(6-3-9)11(17)8-15-7-4-10(16)13-12(15)18/h4,7,9H,2-3,5-6,8H2,1H3,(H,13,16,18). The molecule has 1 fully saturated rings. The summed E-state index contributed by atoms with van der Waals surface area (Å²) in [6.45, 7) is 3.66. The van der Waals surface area contributed by atoms with Gasteiger partial charge < -0.3 is 4.90 Å². The predicted octanol–water partition coefficient (Wildman–Crippen LogP) is -0.205. The summed E-state index contributed by atoms with van der Waals surface area (Å²) in [7, 11) is 0. The molecule has 1 aromatic heterocycles. The first kappa shape index (κ1) is 12.6. The van der Waals surface area contributed by atoms with Crippen molar-refractivity contribution in [2.24, 2.45) is 5.92 Å². The van der Waals surface area contributed by atoms with Crippen molar-refractivity contribution < 1.29 is 4.79 Å². The third kappa shape index (κ3) is 2.88. The van der Waals surface area contributed by atoms with Gasteiger partial charge in [0.05, 0.1) is 0 Å². The lowest BCUT2D eigenvalue weighted by molar-refractivity contribution is -0.133. The largest absolute Gasteiger partial charge is 0.341 e. The van der Waals surface area contributed by atoms with E-state index in [2.05, 4.69) is 11.9 Å². The minimum atomic E-state index is -0.541. The highest BCUT2D eigenvalue weighted by Gasteiger charge is 2.20. The molecule has 6 nitrogen and oxygen atoms in total. The lowest BCUT2D eigenvalue weighted by Crippen LogP contribution is -2.42. The van der Waals surface area contributed by atoms with E-state index in [0.717, 1.165) is 25.9 Å². The number of nitrogens with one attached hydrogen (secondary N) is 1. The number of carbonyl (C=O) groups is 1. The molecule has 1 aromatic rings. The van der Waals surface area contributed by atoms with Crippen LogP contribution in [-0.4, -0.2) is 33.4 Å². The lowest BCUT2D eigenvalue weighted by Gasteiger charge is -2.30. The normalized spacial score (nSPS) is 16.8. The van der Waals surface area contributed by atoms with Crippen LogP contribution in [0.25, 0.3) is 0 Å². The van der Waals surface area contributed by atoms with Gasteiger partial charge in [0.25, 0.3) is 5.56 Å². The van der Waals surface area contributed by atoms with E-state index in [1.54, 1.807) is 4.90 Å². The Kier molecular flexibility index (Phi) is 3.64. The van der Waals surface area contributed by atoms with Crippen molar-refractivity contribution in [3.05, 3.63) is 33.1 Å². The number of hydrogen-bond acceptors (Lipinski definition) is 3. The van der Waals surface area contributed by atoms with Crippen LogP contribution < -0.4 is 11.2 Å². The molecule has 0 unspecified atom stereocenters. The van der Waals surface area contributed by atoms with Gasteiger partial charge in [-0.15, -0.1) is 0 Å². The van der Waals surface area contributed by atoms with E-state index < -0.39 is 11.2 Å². The number of likely N-dealkylation sites (tertiary alicyclic amines) is 1. The number of aromatic amines is 1. The molecule has 18 heavy (non-hydrogen) atoms. The minimum Gasteiger partial charge on any atom is -0.341 e. The third-order valence-electron chi connectivity index (χ3n) is 3.34. The maximum Gasteiger partial charge on any atom is 0.328 e. The van der Waals surface area contributed by atoms with Crippen LogP contribution in [0.4, 0.5) is 0 Å². The number of piperidine rings is 1. The third-order valence-corrected chi connectivity index (χ3v) is 3.34.